The number of rotatable bonds is 7. The topological polar surface area (TPSA) is 85.8 Å². The van der Waals surface area contributed by atoms with Crippen LogP contribution in [0.25, 0.3) is 0 Å². The zero-order valence-corrected chi connectivity index (χ0v) is 13.6. The Labute approximate surface area is 130 Å². The van der Waals surface area contributed by atoms with Crippen LogP contribution in [0.2, 0.25) is 0 Å². The summed E-state index contributed by atoms with van der Waals surface area (Å²) in [5.74, 6) is 1.55. The molecular formula is C15H23N5O2. The lowest BCUT2D eigenvalue weighted by Gasteiger charge is -2.14. The lowest BCUT2D eigenvalue weighted by molar-refractivity contribution is -0.121. The summed E-state index contributed by atoms with van der Waals surface area (Å²) in [7, 11) is 0. The summed E-state index contributed by atoms with van der Waals surface area (Å²) in [4.78, 5) is 16.4. The number of hydrogen-bond donors (Lipinski definition) is 1. The maximum atomic E-state index is 12.1. The van der Waals surface area contributed by atoms with E-state index in [4.69, 9.17) is 4.52 Å². The smallest absolute Gasteiger partial charge is 0.220 e. The van der Waals surface area contributed by atoms with Crippen molar-refractivity contribution in [2.75, 3.05) is 0 Å². The molecule has 2 aromatic heterocycles. The Bertz CT molecular complexity index is 612. The first-order valence-electron chi connectivity index (χ1n) is 7.61. The van der Waals surface area contributed by atoms with Gasteiger partial charge < -0.3 is 9.84 Å². The van der Waals surface area contributed by atoms with E-state index in [2.05, 4.69) is 27.5 Å². The van der Waals surface area contributed by atoms with Crippen molar-refractivity contribution in [3.8, 4) is 0 Å². The molecule has 0 aliphatic rings. The fraction of sp³-hybridized carbons (Fsp3) is 0.600. The fourth-order valence-corrected chi connectivity index (χ4v) is 2.47. The molecule has 2 heterocycles. The Morgan fingerprint density at radius 3 is 2.86 bits per heavy atom. The van der Waals surface area contributed by atoms with Crippen LogP contribution in [-0.4, -0.2) is 25.8 Å². The highest BCUT2D eigenvalue weighted by molar-refractivity contribution is 5.76. The third kappa shape index (κ3) is 3.72. The standard InChI is InChI=1S/C15H23N5O2/c1-5-8-20-15(16-9-17-20)11(3)18-14(21)7-6-13-10(2)19-22-12(13)4/h9,11H,5-8H2,1-4H3,(H,18,21). The second-order valence-electron chi connectivity index (χ2n) is 5.43. The van der Waals surface area contributed by atoms with E-state index in [0.717, 1.165) is 35.8 Å². The van der Waals surface area contributed by atoms with E-state index in [1.165, 1.54) is 6.33 Å². The van der Waals surface area contributed by atoms with E-state index >= 15 is 0 Å². The maximum Gasteiger partial charge on any atom is 0.220 e. The first kappa shape index (κ1) is 16.2. The summed E-state index contributed by atoms with van der Waals surface area (Å²) in [6.07, 6.45) is 3.52. The normalized spacial score (nSPS) is 12.4. The van der Waals surface area contributed by atoms with Crippen LogP contribution in [0.1, 0.15) is 55.6 Å². The summed E-state index contributed by atoms with van der Waals surface area (Å²) in [6.45, 7) is 8.56. The SMILES string of the molecule is CCCn1ncnc1C(C)NC(=O)CCc1c(C)noc1C. The summed E-state index contributed by atoms with van der Waals surface area (Å²) in [5.41, 5.74) is 1.86. The minimum atomic E-state index is -0.161. The van der Waals surface area contributed by atoms with E-state index < -0.39 is 0 Å². The number of nitrogens with zero attached hydrogens (tertiary/aromatic N) is 4. The predicted octanol–water partition coefficient (Wildman–Crippen LogP) is 2.10. The van der Waals surface area contributed by atoms with E-state index in [1.807, 2.05) is 25.5 Å². The van der Waals surface area contributed by atoms with Gasteiger partial charge in [0, 0.05) is 18.5 Å². The highest BCUT2D eigenvalue weighted by atomic mass is 16.5. The van der Waals surface area contributed by atoms with Gasteiger partial charge in [0.2, 0.25) is 5.91 Å². The predicted molar refractivity (Wildman–Crippen MR) is 81.2 cm³/mol. The quantitative estimate of drug-likeness (QED) is 0.846. The number of amides is 1. The molecular weight excluding hydrogens is 282 g/mol. The van der Waals surface area contributed by atoms with Crippen molar-refractivity contribution in [3.05, 3.63) is 29.2 Å². The Balaban J connectivity index is 1.90. The van der Waals surface area contributed by atoms with Gasteiger partial charge in [0.25, 0.3) is 0 Å². The van der Waals surface area contributed by atoms with Gasteiger partial charge in [0.15, 0.2) is 0 Å². The Kier molecular flexibility index (Phi) is 5.30. The monoisotopic (exact) mass is 305 g/mol. The molecule has 22 heavy (non-hydrogen) atoms. The molecule has 0 aliphatic carbocycles. The van der Waals surface area contributed by atoms with Gasteiger partial charge in [-0.1, -0.05) is 12.1 Å². The molecule has 1 unspecified atom stereocenters. The van der Waals surface area contributed by atoms with Gasteiger partial charge in [-0.3, -0.25) is 4.79 Å². The highest BCUT2D eigenvalue weighted by Crippen LogP contribution is 2.15. The number of hydrogen-bond acceptors (Lipinski definition) is 5. The van der Waals surface area contributed by atoms with Crippen LogP contribution < -0.4 is 5.32 Å². The van der Waals surface area contributed by atoms with Crippen molar-refractivity contribution in [1.29, 1.82) is 0 Å². The molecule has 1 N–H and O–H groups in total. The molecule has 2 aromatic rings. The number of aryl methyl sites for hydroxylation is 3. The molecule has 120 valence electrons. The first-order chi connectivity index (χ1) is 10.5. The van der Waals surface area contributed by atoms with Gasteiger partial charge in [-0.05, 0) is 33.6 Å². The van der Waals surface area contributed by atoms with E-state index in [-0.39, 0.29) is 11.9 Å². The minimum Gasteiger partial charge on any atom is -0.361 e. The lowest BCUT2D eigenvalue weighted by Crippen LogP contribution is -2.29. The van der Waals surface area contributed by atoms with Crippen molar-refractivity contribution in [2.45, 2.75) is 59.5 Å². The molecule has 0 bridgehead atoms. The molecule has 0 fully saturated rings. The van der Waals surface area contributed by atoms with Crippen molar-refractivity contribution in [3.63, 3.8) is 0 Å². The van der Waals surface area contributed by atoms with Crippen LogP contribution in [0.4, 0.5) is 0 Å². The van der Waals surface area contributed by atoms with Crippen molar-refractivity contribution in [1.82, 2.24) is 25.2 Å². The van der Waals surface area contributed by atoms with Gasteiger partial charge >= 0.3 is 0 Å². The zero-order chi connectivity index (χ0) is 16.1. The Morgan fingerprint density at radius 1 is 1.45 bits per heavy atom. The Morgan fingerprint density at radius 2 is 2.23 bits per heavy atom. The molecule has 2 rings (SSSR count). The van der Waals surface area contributed by atoms with E-state index in [0.29, 0.717) is 12.8 Å². The largest absolute Gasteiger partial charge is 0.361 e. The minimum absolute atomic E-state index is 0.0152. The fourth-order valence-electron chi connectivity index (χ4n) is 2.47. The molecule has 7 nitrogen and oxygen atoms in total. The van der Waals surface area contributed by atoms with Gasteiger partial charge in [-0.15, -0.1) is 0 Å². The first-order valence-corrected chi connectivity index (χ1v) is 7.61. The molecule has 0 aliphatic heterocycles. The van der Waals surface area contributed by atoms with Gasteiger partial charge in [0.1, 0.15) is 17.9 Å². The second-order valence-corrected chi connectivity index (χ2v) is 5.43. The molecule has 1 atom stereocenters. The van der Waals surface area contributed by atoms with Crippen LogP contribution in [0.15, 0.2) is 10.9 Å². The number of carbonyl (C=O) groups excluding carboxylic acids is 1. The summed E-state index contributed by atoms with van der Waals surface area (Å²) < 4.78 is 6.94. The average molecular weight is 305 g/mol. The number of carbonyl (C=O) groups is 1. The lowest BCUT2D eigenvalue weighted by atomic mass is 10.1. The van der Waals surface area contributed by atoms with Crippen LogP contribution in [0.3, 0.4) is 0 Å². The van der Waals surface area contributed by atoms with Crippen LogP contribution in [0.5, 0.6) is 0 Å². The summed E-state index contributed by atoms with van der Waals surface area (Å²) >= 11 is 0. The molecule has 7 heteroatoms. The van der Waals surface area contributed by atoms with Gasteiger partial charge in [0.05, 0.1) is 11.7 Å². The zero-order valence-electron chi connectivity index (χ0n) is 13.6. The third-order valence-electron chi connectivity index (χ3n) is 3.63. The van der Waals surface area contributed by atoms with Crippen LogP contribution in [-0.2, 0) is 17.8 Å². The third-order valence-corrected chi connectivity index (χ3v) is 3.63. The molecule has 0 saturated heterocycles. The van der Waals surface area contributed by atoms with Crippen molar-refractivity contribution >= 4 is 5.91 Å². The van der Waals surface area contributed by atoms with Crippen molar-refractivity contribution < 1.29 is 9.32 Å². The van der Waals surface area contributed by atoms with Crippen LogP contribution >= 0.6 is 0 Å². The molecule has 0 aromatic carbocycles. The van der Waals surface area contributed by atoms with Crippen LogP contribution in [0, 0.1) is 13.8 Å². The average Bonchev–Trinajstić information content (AvgIpc) is 3.05. The van der Waals surface area contributed by atoms with Gasteiger partial charge in [-0.2, -0.15) is 5.10 Å². The van der Waals surface area contributed by atoms with Gasteiger partial charge in [-0.25, -0.2) is 9.67 Å². The summed E-state index contributed by atoms with van der Waals surface area (Å²) in [6, 6.07) is -0.161. The Hall–Kier alpha value is -2.18. The maximum absolute atomic E-state index is 12.1. The molecule has 0 spiro atoms. The summed E-state index contributed by atoms with van der Waals surface area (Å²) in [5, 5.41) is 11.0. The van der Waals surface area contributed by atoms with Crippen molar-refractivity contribution in [2.24, 2.45) is 0 Å². The number of nitrogens with one attached hydrogen (secondary N) is 1. The van der Waals surface area contributed by atoms with E-state index in [1.54, 1.807) is 0 Å². The second kappa shape index (κ2) is 7.20. The number of aromatic nitrogens is 4. The molecule has 0 saturated carbocycles. The van der Waals surface area contributed by atoms with E-state index in [9.17, 15) is 4.79 Å². The molecule has 1 amide bonds. The highest BCUT2D eigenvalue weighted by Gasteiger charge is 2.16. The molecule has 0 radical (unpaired) electrons.